The third-order valence-corrected chi connectivity index (χ3v) is 6.63. The number of nitrogens with one attached hydrogen (secondary N) is 1. The van der Waals surface area contributed by atoms with E-state index >= 15 is 0 Å². The summed E-state index contributed by atoms with van der Waals surface area (Å²) in [5, 5.41) is 12.5. The summed E-state index contributed by atoms with van der Waals surface area (Å²) < 4.78 is 5.15. The topological polar surface area (TPSA) is 95.0 Å². The number of hydrogen-bond acceptors (Lipinski definition) is 6. The number of aromatic hydroxyl groups is 1. The standard InChI is InChI=1S/C32H28N4O4/c1-40-29-14-10-26(11-15-29)34-31(38)25-8-12-27(13-9-25)35-16-18-36(19-17-35)32(39)30-5-3-2-4-24(30)7-6-23-20-28(37)22-33-21-23/h2-5,8-15,20-22,37H,16-19H2,1H3,(H,34,38). The first kappa shape index (κ1) is 26.3. The van der Waals surface area contributed by atoms with Gasteiger partial charge in [-0.05, 0) is 66.7 Å². The van der Waals surface area contributed by atoms with Gasteiger partial charge >= 0.3 is 0 Å². The molecular weight excluding hydrogens is 504 g/mol. The van der Waals surface area contributed by atoms with Crippen molar-refractivity contribution in [2.24, 2.45) is 0 Å². The minimum Gasteiger partial charge on any atom is -0.506 e. The van der Waals surface area contributed by atoms with Crippen molar-refractivity contribution in [1.82, 2.24) is 9.88 Å². The molecule has 8 heteroatoms. The summed E-state index contributed by atoms with van der Waals surface area (Å²) in [6.07, 6.45) is 2.91. The van der Waals surface area contributed by atoms with Crippen LogP contribution in [0, 0.1) is 11.8 Å². The van der Waals surface area contributed by atoms with Crippen LogP contribution in [-0.2, 0) is 0 Å². The molecular formula is C32H28N4O4. The van der Waals surface area contributed by atoms with Crippen LogP contribution in [-0.4, -0.2) is 60.1 Å². The molecule has 0 saturated carbocycles. The summed E-state index contributed by atoms with van der Waals surface area (Å²) in [7, 11) is 1.60. The van der Waals surface area contributed by atoms with E-state index in [1.807, 2.05) is 47.4 Å². The van der Waals surface area contributed by atoms with Gasteiger partial charge in [0.25, 0.3) is 11.8 Å². The molecule has 1 aromatic heterocycles. The van der Waals surface area contributed by atoms with Crippen molar-refractivity contribution in [2.45, 2.75) is 0 Å². The predicted octanol–water partition coefficient (Wildman–Crippen LogP) is 4.41. The number of ether oxygens (including phenoxy) is 1. The summed E-state index contributed by atoms with van der Waals surface area (Å²) in [6.45, 7) is 2.48. The van der Waals surface area contributed by atoms with Gasteiger partial charge in [-0.15, -0.1) is 0 Å². The van der Waals surface area contributed by atoms with E-state index in [1.165, 1.54) is 12.3 Å². The molecule has 1 fully saturated rings. The first-order chi connectivity index (χ1) is 19.5. The number of benzene rings is 3. The number of nitrogens with zero attached hydrogens (tertiary/aromatic N) is 3. The van der Waals surface area contributed by atoms with E-state index in [0.29, 0.717) is 54.1 Å². The Balaban J connectivity index is 1.19. The third kappa shape index (κ3) is 6.22. The number of amides is 2. The van der Waals surface area contributed by atoms with Crippen LogP contribution in [0.5, 0.6) is 11.5 Å². The lowest BCUT2D eigenvalue weighted by atomic mass is 10.1. The number of methoxy groups -OCH3 is 1. The fourth-order valence-corrected chi connectivity index (χ4v) is 4.45. The number of carbonyl (C=O) groups is 2. The van der Waals surface area contributed by atoms with Gasteiger partial charge < -0.3 is 25.0 Å². The van der Waals surface area contributed by atoms with Crippen molar-refractivity contribution in [2.75, 3.05) is 43.5 Å². The maximum atomic E-state index is 13.4. The fourth-order valence-electron chi connectivity index (χ4n) is 4.45. The van der Waals surface area contributed by atoms with Crippen LogP contribution in [0.1, 0.15) is 31.8 Å². The molecule has 1 aliphatic heterocycles. The fraction of sp³-hybridized carbons (Fsp3) is 0.156. The van der Waals surface area contributed by atoms with Crippen molar-refractivity contribution in [3.8, 4) is 23.3 Å². The van der Waals surface area contributed by atoms with Crippen molar-refractivity contribution in [3.63, 3.8) is 0 Å². The second-order valence-electron chi connectivity index (χ2n) is 9.24. The SMILES string of the molecule is COc1ccc(NC(=O)c2ccc(N3CCN(C(=O)c4ccccc4C#Cc4cncc(O)c4)CC3)cc2)cc1. The number of aromatic nitrogens is 1. The van der Waals surface area contributed by atoms with E-state index < -0.39 is 0 Å². The molecule has 200 valence electrons. The average Bonchev–Trinajstić information content (AvgIpc) is 3.00. The second kappa shape index (κ2) is 12.0. The lowest BCUT2D eigenvalue weighted by Crippen LogP contribution is -2.49. The van der Waals surface area contributed by atoms with Gasteiger partial charge in [0.1, 0.15) is 11.5 Å². The maximum absolute atomic E-state index is 13.4. The highest BCUT2D eigenvalue weighted by atomic mass is 16.5. The average molecular weight is 533 g/mol. The van der Waals surface area contributed by atoms with Gasteiger partial charge in [0.2, 0.25) is 0 Å². The van der Waals surface area contributed by atoms with Gasteiger partial charge in [-0.25, -0.2) is 0 Å². The van der Waals surface area contributed by atoms with Gasteiger partial charge in [-0.2, -0.15) is 0 Å². The summed E-state index contributed by atoms with van der Waals surface area (Å²) in [4.78, 5) is 34.0. The van der Waals surface area contributed by atoms with Gasteiger partial charge in [0.15, 0.2) is 0 Å². The Labute approximate surface area is 232 Å². The van der Waals surface area contributed by atoms with Crippen LogP contribution < -0.4 is 15.0 Å². The molecule has 3 aromatic carbocycles. The Morgan fingerprint density at radius 3 is 2.33 bits per heavy atom. The molecule has 2 amide bonds. The molecule has 2 heterocycles. The van der Waals surface area contributed by atoms with Gasteiger partial charge in [-0.3, -0.25) is 14.6 Å². The smallest absolute Gasteiger partial charge is 0.255 e. The van der Waals surface area contributed by atoms with Crippen LogP contribution in [0.3, 0.4) is 0 Å². The largest absolute Gasteiger partial charge is 0.506 e. The van der Waals surface area contributed by atoms with Gasteiger partial charge in [0.05, 0.1) is 18.9 Å². The van der Waals surface area contributed by atoms with E-state index in [1.54, 1.807) is 43.6 Å². The predicted molar refractivity (Wildman–Crippen MR) is 154 cm³/mol. The molecule has 0 atom stereocenters. The minimum atomic E-state index is -0.186. The zero-order valence-electron chi connectivity index (χ0n) is 22.0. The van der Waals surface area contributed by atoms with E-state index in [9.17, 15) is 14.7 Å². The molecule has 0 spiro atoms. The number of anilines is 2. The van der Waals surface area contributed by atoms with Crippen LogP contribution in [0.15, 0.2) is 91.3 Å². The summed E-state index contributed by atoms with van der Waals surface area (Å²) >= 11 is 0. The normalized spacial score (nSPS) is 12.7. The van der Waals surface area contributed by atoms with E-state index in [2.05, 4.69) is 27.0 Å². The maximum Gasteiger partial charge on any atom is 0.255 e. The van der Waals surface area contributed by atoms with Crippen molar-refractivity contribution in [1.29, 1.82) is 0 Å². The Morgan fingerprint density at radius 1 is 0.900 bits per heavy atom. The molecule has 2 N–H and O–H groups in total. The first-order valence-electron chi connectivity index (χ1n) is 12.8. The Morgan fingerprint density at radius 2 is 1.62 bits per heavy atom. The number of hydrogen-bond donors (Lipinski definition) is 2. The molecule has 0 aliphatic carbocycles. The molecule has 0 bridgehead atoms. The number of carbonyl (C=O) groups excluding carboxylic acids is 2. The zero-order chi connectivity index (χ0) is 27.9. The van der Waals surface area contributed by atoms with Crippen molar-refractivity contribution in [3.05, 3.63) is 114 Å². The number of pyridine rings is 1. The first-order valence-corrected chi connectivity index (χ1v) is 12.8. The van der Waals surface area contributed by atoms with Crippen LogP contribution in [0.4, 0.5) is 11.4 Å². The Kier molecular flexibility index (Phi) is 7.93. The van der Waals surface area contributed by atoms with Crippen LogP contribution in [0.25, 0.3) is 0 Å². The molecule has 0 unspecified atom stereocenters. The number of piperazine rings is 1. The summed E-state index contributed by atoms with van der Waals surface area (Å²) in [5.74, 6) is 6.54. The Bertz CT molecular complexity index is 1570. The molecule has 4 aromatic rings. The molecule has 40 heavy (non-hydrogen) atoms. The second-order valence-corrected chi connectivity index (χ2v) is 9.24. The quantitative estimate of drug-likeness (QED) is 0.370. The van der Waals surface area contributed by atoms with Gasteiger partial charge in [0, 0.05) is 60.4 Å². The summed E-state index contributed by atoms with van der Waals surface area (Å²) in [5.41, 5.74) is 4.00. The third-order valence-electron chi connectivity index (χ3n) is 6.63. The highest BCUT2D eigenvalue weighted by Gasteiger charge is 2.24. The highest BCUT2D eigenvalue weighted by Crippen LogP contribution is 2.21. The van der Waals surface area contributed by atoms with Crippen LogP contribution >= 0.6 is 0 Å². The van der Waals surface area contributed by atoms with Crippen LogP contribution in [0.2, 0.25) is 0 Å². The summed E-state index contributed by atoms with van der Waals surface area (Å²) in [6, 6.07) is 23.5. The van der Waals surface area contributed by atoms with E-state index in [4.69, 9.17) is 4.74 Å². The van der Waals surface area contributed by atoms with Crippen molar-refractivity contribution < 1.29 is 19.4 Å². The zero-order valence-corrected chi connectivity index (χ0v) is 22.0. The molecule has 5 rings (SSSR count). The number of rotatable bonds is 5. The monoisotopic (exact) mass is 532 g/mol. The van der Waals surface area contributed by atoms with Gasteiger partial charge in [-0.1, -0.05) is 24.0 Å². The van der Waals surface area contributed by atoms with Crippen molar-refractivity contribution >= 4 is 23.2 Å². The lowest BCUT2D eigenvalue weighted by Gasteiger charge is -2.36. The van der Waals surface area contributed by atoms with E-state index in [-0.39, 0.29) is 17.6 Å². The van der Waals surface area contributed by atoms with E-state index in [0.717, 1.165) is 11.4 Å². The Hall–Kier alpha value is -5.29. The highest BCUT2D eigenvalue weighted by molar-refractivity contribution is 6.04. The minimum absolute atomic E-state index is 0.0421. The molecule has 1 aliphatic rings. The lowest BCUT2D eigenvalue weighted by molar-refractivity contribution is 0.0746. The molecule has 8 nitrogen and oxygen atoms in total. The molecule has 0 radical (unpaired) electrons. The molecule has 1 saturated heterocycles.